The minimum absolute atomic E-state index is 0.0150. The van der Waals surface area contributed by atoms with Gasteiger partial charge in [-0.15, -0.1) is 0 Å². The lowest BCUT2D eigenvalue weighted by Gasteiger charge is -2.23. The highest BCUT2D eigenvalue weighted by Crippen LogP contribution is 2.31. The van der Waals surface area contributed by atoms with Crippen molar-refractivity contribution in [2.75, 3.05) is 11.5 Å². The van der Waals surface area contributed by atoms with E-state index in [0.717, 1.165) is 18.4 Å². The number of hydrogen-bond acceptors (Lipinski definition) is 3. The average molecular weight is 281 g/mol. The molecule has 0 bridgehead atoms. The monoisotopic (exact) mass is 281 g/mol. The van der Waals surface area contributed by atoms with Gasteiger partial charge in [0.2, 0.25) is 0 Å². The number of amides is 1. The van der Waals surface area contributed by atoms with E-state index in [-0.39, 0.29) is 5.91 Å². The molecule has 4 nitrogen and oxygen atoms in total. The summed E-state index contributed by atoms with van der Waals surface area (Å²) in [6.07, 6.45) is 2.13. The van der Waals surface area contributed by atoms with Crippen molar-refractivity contribution in [1.29, 1.82) is 0 Å². The summed E-state index contributed by atoms with van der Waals surface area (Å²) in [7, 11) is 0. The number of nitrogens with two attached hydrogens (primary N) is 2. The molecule has 0 heterocycles. The SMILES string of the molecule is Nc1ccc(C(=O)N(Cc2ccccc2)C2CC2)c(N)c1. The van der Waals surface area contributed by atoms with Crippen LogP contribution in [-0.4, -0.2) is 16.8 Å². The van der Waals surface area contributed by atoms with Crippen LogP contribution < -0.4 is 11.5 Å². The molecule has 0 saturated heterocycles. The molecule has 108 valence electrons. The maximum Gasteiger partial charge on any atom is 0.256 e. The van der Waals surface area contributed by atoms with Crippen LogP contribution >= 0.6 is 0 Å². The van der Waals surface area contributed by atoms with Crippen molar-refractivity contribution >= 4 is 17.3 Å². The second kappa shape index (κ2) is 5.48. The van der Waals surface area contributed by atoms with E-state index in [1.165, 1.54) is 0 Å². The predicted molar refractivity (Wildman–Crippen MR) is 84.6 cm³/mol. The number of anilines is 2. The summed E-state index contributed by atoms with van der Waals surface area (Å²) < 4.78 is 0. The molecule has 1 aliphatic rings. The number of carbonyl (C=O) groups excluding carboxylic acids is 1. The minimum atomic E-state index is -0.0150. The highest BCUT2D eigenvalue weighted by Gasteiger charge is 2.33. The van der Waals surface area contributed by atoms with Crippen molar-refractivity contribution in [3.8, 4) is 0 Å². The molecule has 2 aromatic rings. The van der Waals surface area contributed by atoms with Gasteiger partial charge in [0.15, 0.2) is 0 Å². The van der Waals surface area contributed by atoms with Crippen LogP contribution in [0.1, 0.15) is 28.8 Å². The highest BCUT2D eigenvalue weighted by molar-refractivity contribution is 6.00. The Bertz CT molecular complexity index is 650. The smallest absolute Gasteiger partial charge is 0.256 e. The van der Waals surface area contributed by atoms with Gasteiger partial charge < -0.3 is 16.4 Å². The third-order valence-electron chi connectivity index (χ3n) is 3.75. The number of hydrogen-bond donors (Lipinski definition) is 2. The minimum Gasteiger partial charge on any atom is -0.399 e. The van der Waals surface area contributed by atoms with E-state index >= 15 is 0 Å². The van der Waals surface area contributed by atoms with Crippen molar-refractivity contribution < 1.29 is 4.79 Å². The highest BCUT2D eigenvalue weighted by atomic mass is 16.2. The Hall–Kier alpha value is -2.49. The van der Waals surface area contributed by atoms with Gasteiger partial charge in [-0.1, -0.05) is 30.3 Å². The van der Waals surface area contributed by atoms with Gasteiger partial charge in [-0.2, -0.15) is 0 Å². The van der Waals surface area contributed by atoms with Crippen LogP contribution in [0.5, 0.6) is 0 Å². The Balaban J connectivity index is 1.85. The van der Waals surface area contributed by atoms with Crippen LogP contribution in [0.2, 0.25) is 0 Å². The van der Waals surface area contributed by atoms with Gasteiger partial charge in [0.25, 0.3) is 5.91 Å². The zero-order valence-corrected chi connectivity index (χ0v) is 11.8. The quantitative estimate of drug-likeness (QED) is 0.846. The van der Waals surface area contributed by atoms with Crippen molar-refractivity contribution in [1.82, 2.24) is 4.90 Å². The lowest BCUT2D eigenvalue weighted by atomic mass is 10.1. The number of rotatable bonds is 4. The van der Waals surface area contributed by atoms with Gasteiger partial charge >= 0.3 is 0 Å². The Morgan fingerprint density at radius 2 is 1.81 bits per heavy atom. The Labute approximate surface area is 124 Å². The van der Waals surface area contributed by atoms with Gasteiger partial charge in [-0.3, -0.25) is 4.79 Å². The van der Waals surface area contributed by atoms with E-state index in [4.69, 9.17) is 11.5 Å². The fourth-order valence-corrected chi connectivity index (χ4v) is 2.46. The lowest BCUT2D eigenvalue weighted by molar-refractivity contribution is 0.0731. The Morgan fingerprint density at radius 3 is 2.43 bits per heavy atom. The number of carbonyl (C=O) groups is 1. The fourth-order valence-electron chi connectivity index (χ4n) is 2.46. The van der Waals surface area contributed by atoms with Gasteiger partial charge in [0.05, 0.1) is 5.56 Å². The molecule has 21 heavy (non-hydrogen) atoms. The molecule has 0 radical (unpaired) electrons. The summed E-state index contributed by atoms with van der Waals surface area (Å²) in [6.45, 7) is 0.619. The first-order chi connectivity index (χ1) is 10.1. The Kier molecular flexibility index (Phi) is 3.52. The van der Waals surface area contributed by atoms with Crippen LogP contribution in [-0.2, 0) is 6.54 Å². The van der Waals surface area contributed by atoms with Crippen molar-refractivity contribution in [2.45, 2.75) is 25.4 Å². The molecular weight excluding hydrogens is 262 g/mol. The average Bonchev–Trinajstić information content (AvgIpc) is 3.30. The summed E-state index contributed by atoms with van der Waals surface area (Å²) >= 11 is 0. The van der Waals surface area contributed by atoms with E-state index in [0.29, 0.717) is 29.5 Å². The molecule has 0 aliphatic heterocycles. The van der Waals surface area contributed by atoms with E-state index in [1.807, 2.05) is 35.2 Å². The molecule has 0 unspecified atom stereocenters. The molecule has 3 rings (SSSR count). The van der Waals surface area contributed by atoms with Gasteiger partial charge in [0, 0.05) is 24.0 Å². The number of nitrogen functional groups attached to an aromatic ring is 2. The van der Waals surface area contributed by atoms with Crippen molar-refractivity contribution in [3.63, 3.8) is 0 Å². The molecular formula is C17H19N3O. The lowest BCUT2D eigenvalue weighted by Crippen LogP contribution is -2.33. The molecule has 2 aromatic carbocycles. The van der Waals surface area contributed by atoms with Gasteiger partial charge in [-0.05, 0) is 36.6 Å². The standard InChI is InChI=1S/C17H19N3O/c18-13-6-9-15(16(19)10-13)17(21)20(14-7-8-14)11-12-4-2-1-3-5-12/h1-6,9-10,14H,7-8,11,18-19H2. The molecule has 4 N–H and O–H groups in total. The van der Waals surface area contributed by atoms with Crippen LogP contribution in [0.3, 0.4) is 0 Å². The molecule has 1 amide bonds. The third-order valence-corrected chi connectivity index (χ3v) is 3.75. The number of nitrogens with zero attached hydrogens (tertiary/aromatic N) is 1. The third kappa shape index (κ3) is 2.99. The first kappa shape index (κ1) is 13.5. The molecule has 0 atom stereocenters. The van der Waals surface area contributed by atoms with Crippen LogP contribution in [0, 0.1) is 0 Å². The number of benzene rings is 2. The fraction of sp³-hybridized carbons (Fsp3) is 0.235. The maximum absolute atomic E-state index is 12.8. The van der Waals surface area contributed by atoms with E-state index < -0.39 is 0 Å². The molecule has 0 spiro atoms. The van der Waals surface area contributed by atoms with Crippen molar-refractivity contribution in [3.05, 3.63) is 59.7 Å². The van der Waals surface area contributed by atoms with Crippen molar-refractivity contribution in [2.24, 2.45) is 0 Å². The van der Waals surface area contributed by atoms with E-state index in [9.17, 15) is 4.79 Å². The summed E-state index contributed by atoms with van der Waals surface area (Å²) in [5.74, 6) is -0.0150. The predicted octanol–water partition coefficient (Wildman–Crippen LogP) is 2.66. The van der Waals surface area contributed by atoms with Crippen LogP contribution in [0.25, 0.3) is 0 Å². The first-order valence-electron chi connectivity index (χ1n) is 7.15. The van der Waals surface area contributed by atoms with Crippen LogP contribution in [0.15, 0.2) is 48.5 Å². The maximum atomic E-state index is 12.8. The van der Waals surface area contributed by atoms with Crippen LogP contribution in [0.4, 0.5) is 11.4 Å². The second-order valence-electron chi connectivity index (χ2n) is 5.50. The first-order valence-corrected chi connectivity index (χ1v) is 7.15. The summed E-state index contributed by atoms with van der Waals surface area (Å²) in [6, 6.07) is 15.4. The summed E-state index contributed by atoms with van der Waals surface area (Å²) in [5, 5.41) is 0. The molecule has 1 aliphatic carbocycles. The van der Waals surface area contributed by atoms with Gasteiger partial charge in [0.1, 0.15) is 0 Å². The largest absolute Gasteiger partial charge is 0.399 e. The van der Waals surface area contributed by atoms with E-state index in [1.54, 1.807) is 18.2 Å². The summed E-state index contributed by atoms with van der Waals surface area (Å²) in [4.78, 5) is 14.7. The van der Waals surface area contributed by atoms with Gasteiger partial charge in [-0.25, -0.2) is 0 Å². The molecule has 4 heteroatoms. The molecule has 0 aromatic heterocycles. The molecule has 1 fully saturated rings. The zero-order chi connectivity index (χ0) is 14.8. The summed E-state index contributed by atoms with van der Waals surface area (Å²) in [5.41, 5.74) is 14.3. The second-order valence-corrected chi connectivity index (χ2v) is 5.50. The zero-order valence-electron chi connectivity index (χ0n) is 11.8. The normalized spacial score (nSPS) is 13.9. The van der Waals surface area contributed by atoms with E-state index in [2.05, 4.69) is 0 Å². The molecule has 1 saturated carbocycles. The topological polar surface area (TPSA) is 72.4 Å². The Morgan fingerprint density at radius 1 is 1.10 bits per heavy atom.